The summed E-state index contributed by atoms with van der Waals surface area (Å²) >= 11 is 0. The normalized spacial score (nSPS) is 26.2. The molecule has 1 heterocycles. The number of nitrogens with one attached hydrogen (secondary N) is 2. The first-order chi connectivity index (χ1) is 11.8. The van der Waals surface area contributed by atoms with E-state index in [-0.39, 0.29) is 17.7 Å². The zero-order valence-corrected chi connectivity index (χ0v) is 14.2. The van der Waals surface area contributed by atoms with E-state index in [1.54, 1.807) is 19.1 Å². The maximum absolute atomic E-state index is 12.5. The van der Waals surface area contributed by atoms with Crippen molar-refractivity contribution >= 4 is 11.6 Å². The molecule has 3 unspecified atom stereocenters. The first-order valence-corrected chi connectivity index (χ1v) is 8.69. The second-order valence-corrected chi connectivity index (χ2v) is 6.93. The zero-order valence-electron chi connectivity index (χ0n) is 14.2. The number of fused-ring (bicyclic) bond motifs is 1. The molecule has 0 spiro atoms. The van der Waals surface area contributed by atoms with E-state index >= 15 is 0 Å². The monoisotopic (exact) mass is 356 g/mol. The number of hydrogen-bond acceptors (Lipinski definition) is 3. The number of anilines is 1. The highest BCUT2D eigenvalue weighted by molar-refractivity contribution is 5.96. The van der Waals surface area contributed by atoms with Gasteiger partial charge in [-0.05, 0) is 44.2 Å². The average Bonchev–Trinajstić information content (AvgIpc) is 2.99. The highest BCUT2D eigenvalue weighted by Crippen LogP contribution is 2.34. The molecule has 1 saturated heterocycles. The lowest BCUT2D eigenvalue weighted by Gasteiger charge is -2.24. The van der Waals surface area contributed by atoms with Crippen LogP contribution in [0.15, 0.2) is 18.2 Å². The lowest BCUT2D eigenvalue weighted by Crippen LogP contribution is -2.40. The second-order valence-electron chi connectivity index (χ2n) is 6.93. The van der Waals surface area contributed by atoms with Crippen molar-refractivity contribution in [3.8, 4) is 5.75 Å². The number of ether oxygens (including phenoxy) is 1. The van der Waals surface area contributed by atoms with E-state index in [2.05, 4.69) is 10.6 Å². The molecule has 1 aliphatic heterocycles. The van der Waals surface area contributed by atoms with Crippen molar-refractivity contribution < 1.29 is 22.7 Å². The van der Waals surface area contributed by atoms with Gasteiger partial charge in [0.15, 0.2) is 6.61 Å². The van der Waals surface area contributed by atoms with Crippen molar-refractivity contribution in [3.05, 3.63) is 23.8 Å². The van der Waals surface area contributed by atoms with Crippen LogP contribution >= 0.6 is 0 Å². The van der Waals surface area contributed by atoms with Crippen LogP contribution in [0.1, 0.15) is 37.7 Å². The van der Waals surface area contributed by atoms with Crippen LogP contribution in [0.2, 0.25) is 0 Å². The minimum absolute atomic E-state index is 0.128. The number of carbonyl (C=O) groups excluding carboxylic acids is 1. The highest BCUT2D eigenvalue weighted by Gasteiger charge is 2.38. The van der Waals surface area contributed by atoms with E-state index < -0.39 is 12.8 Å². The molecule has 0 bridgehead atoms. The SMILES string of the molecule is Cc1c(NC(=O)C2CC3CCCCC3N2)cccc1OCC(F)(F)F. The third kappa shape index (κ3) is 4.45. The molecule has 25 heavy (non-hydrogen) atoms. The summed E-state index contributed by atoms with van der Waals surface area (Å²) in [6.07, 6.45) is 1.10. The fourth-order valence-corrected chi connectivity index (χ4v) is 3.81. The van der Waals surface area contributed by atoms with E-state index in [0.29, 0.717) is 23.2 Å². The average molecular weight is 356 g/mol. The van der Waals surface area contributed by atoms with Gasteiger partial charge in [-0.15, -0.1) is 0 Å². The Morgan fingerprint density at radius 2 is 2.08 bits per heavy atom. The molecule has 7 heteroatoms. The van der Waals surface area contributed by atoms with Gasteiger partial charge >= 0.3 is 6.18 Å². The Kier molecular flexibility index (Phi) is 5.22. The van der Waals surface area contributed by atoms with E-state index in [0.717, 1.165) is 19.3 Å². The third-order valence-electron chi connectivity index (χ3n) is 5.11. The summed E-state index contributed by atoms with van der Waals surface area (Å²) < 4.78 is 41.8. The Balaban J connectivity index is 1.63. The largest absolute Gasteiger partial charge is 0.484 e. The van der Waals surface area contributed by atoms with Gasteiger partial charge < -0.3 is 15.4 Å². The Morgan fingerprint density at radius 3 is 2.80 bits per heavy atom. The topological polar surface area (TPSA) is 50.4 Å². The Morgan fingerprint density at radius 1 is 1.32 bits per heavy atom. The van der Waals surface area contributed by atoms with Crippen LogP contribution in [0.3, 0.4) is 0 Å². The number of amides is 1. The standard InChI is InChI=1S/C18H23F3N2O2/c1-11-13(7-4-8-16(11)25-10-18(19,20)21)23-17(24)15-9-12-5-2-3-6-14(12)22-15/h4,7-8,12,14-15,22H,2-3,5-6,9-10H2,1H3,(H,23,24). The lowest BCUT2D eigenvalue weighted by atomic mass is 9.85. The minimum atomic E-state index is -4.39. The summed E-state index contributed by atoms with van der Waals surface area (Å²) in [5, 5.41) is 6.24. The molecule has 1 aromatic rings. The van der Waals surface area contributed by atoms with Gasteiger partial charge in [-0.1, -0.05) is 18.9 Å². The fraction of sp³-hybridized carbons (Fsp3) is 0.611. The molecule has 2 aliphatic rings. The molecule has 0 aromatic heterocycles. The van der Waals surface area contributed by atoms with Crippen LogP contribution in [0.5, 0.6) is 5.75 Å². The molecule has 4 nitrogen and oxygen atoms in total. The Hall–Kier alpha value is -1.76. The predicted octanol–water partition coefficient (Wildman–Crippen LogP) is 3.80. The Bertz CT molecular complexity index is 619. The smallest absolute Gasteiger partial charge is 0.422 e. The zero-order chi connectivity index (χ0) is 18.0. The Labute approximate surface area is 145 Å². The van der Waals surface area contributed by atoms with Crippen LogP contribution in [0, 0.1) is 12.8 Å². The van der Waals surface area contributed by atoms with Crippen molar-refractivity contribution in [2.24, 2.45) is 5.92 Å². The number of rotatable bonds is 4. The van der Waals surface area contributed by atoms with Crippen LogP contribution in [-0.2, 0) is 4.79 Å². The van der Waals surface area contributed by atoms with Crippen molar-refractivity contribution in [2.45, 2.75) is 57.3 Å². The van der Waals surface area contributed by atoms with E-state index in [1.807, 2.05) is 0 Å². The molecule has 3 rings (SSSR count). The summed E-state index contributed by atoms with van der Waals surface area (Å²) in [6.45, 7) is 0.294. The molecule has 2 fully saturated rings. The summed E-state index contributed by atoms with van der Waals surface area (Å²) in [4.78, 5) is 12.5. The van der Waals surface area contributed by atoms with Gasteiger partial charge in [-0.2, -0.15) is 13.2 Å². The molecule has 2 N–H and O–H groups in total. The van der Waals surface area contributed by atoms with Gasteiger partial charge in [0.25, 0.3) is 0 Å². The molecule has 138 valence electrons. The summed E-state index contributed by atoms with van der Waals surface area (Å²) in [5.41, 5.74) is 0.983. The van der Waals surface area contributed by atoms with Crippen LogP contribution in [-0.4, -0.2) is 30.8 Å². The van der Waals surface area contributed by atoms with E-state index in [1.165, 1.54) is 18.9 Å². The first kappa shape index (κ1) is 18.0. The van der Waals surface area contributed by atoms with E-state index in [4.69, 9.17) is 4.74 Å². The fourth-order valence-electron chi connectivity index (χ4n) is 3.81. The summed E-state index contributed by atoms with van der Waals surface area (Å²) in [7, 11) is 0. The lowest BCUT2D eigenvalue weighted by molar-refractivity contribution is -0.153. The summed E-state index contributed by atoms with van der Waals surface area (Å²) in [6, 6.07) is 4.89. The molecular formula is C18H23F3N2O2. The molecule has 1 saturated carbocycles. The van der Waals surface area contributed by atoms with Crippen molar-refractivity contribution in [1.29, 1.82) is 0 Å². The van der Waals surface area contributed by atoms with Gasteiger partial charge in [0, 0.05) is 17.3 Å². The maximum Gasteiger partial charge on any atom is 0.422 e. The van der Waals surface area contributed by atoms with Crippen molar-refractivity contribution in [3.63, 3.8) is 0 Å². The molecule has 1 aliphatic carbocycles. The number of alkyl halides is 3. The molecule has 3 atom stereocenters. The highest BCUT2D eigenvalue weighted by atomic mass is 19.4. The number of benzene rings is 1. The van der Waals surface area contributed by atoms with Gasteiger partial charge in [-0.3, -0.25) is 4.79 Å². The number of halogens is 3. The first-order valence-electron chi connectivity index (χ1n) is 8.69. The van der Waals surface area contributed by atoms with Crippen LogP contribution in [0.4, 0.5) is 18.9 Å². The predicted molar refractivity (Wildman–Crippen MR) is 88.6 cm³/mol. The van der Waals surface area contributed by atoms with Crippen LogP contribution < -0.4 is 15.4 Å². The van der Waals surface area contributed by atoms with Gasteiger partial charge in [-0.25, -0.2) is 0 Å². The van der Waals surface area contributed by atoms with Crippen LogP contribution in [0.25, 0.3) is 0 Å². The van der Waals surface area contributed by atoms with Gasteiger partial charge in [0.05, 0.1) is 6.04 Å². The van der Waals surface area contributed by atoms with Crippen molar-refractivity contribution in [1.82, 2.24) is 5.32 Å². The summed E-state index contributed by atoms with van der Waals surface area (Å²) in [5.74, 6) is 0.542. The number of carbonyl (C=O) groups is 1. The molecule has 1 aromatic carbocycles. The minimum Gasteiger partial charge on any atom is -0.484 e. The second kappa shape index (κ2) is 7.23. The maximum atomic E-state index is 12.5. The van der Waals surface area contributed by atoms with Crippen molar-refractivity contribution in [2.75, 3.05) is 11.9 Å². The third-order valence-corrected chi connectivity index (χ3v) is 5.11. The molecule has 0 radical (unpaired) electrons. The van der Waals surface area contributed by atoms with E-state index in [9.17, 15) is 18.0 Å². The molecular weight excluding hydrogens is 333 g/mol. The molecule has 1 amide bonds. The quantitative estimate of drug-likeness (QED) is 0.863. The van der Waals surface area contributed by atoms with Gasteiger partial charge in [0.1, 0.15) is 5.75 Å². The van der Waals surface area contributed by atoms with Gasteiger partial charge in [0.2, 0.25) is 5.91 Å². The number of hydrogen-bond donors (Lipinski definition) is 2.